The van der Waals surface area contributed by atoms with E-state index in [2.05, 4.69) is 18.8 Å². The van der Waals surface area contributed by atoms with E-state index in [-0.39, 0.29) is 6.61 Å². The van der Waals surface area contributed by atoms with Crippen molar-refractivity contribution in [3.05, 3.63) is 29.3 Å². The molecule has 0 radical (unpaired) electrons. The molecule has 0 spiro atoms. The average molecular weight is 258 g/mol. The monoisotopic (exact) mass is 258 g/mol. The van der Waals surface area contributed by atoms with Crippen LogP contribution in [0, 0.1) is 24.7 Å². The van der Waals surface area contributed by atoms with Crippen LogP contribution in [0.2, 0.25) is 0 Å². The Labute approximate surface area is 115 Å². The minimum absolute atomic E-state index is 0.0999. The molecule has 1 saturated carbocycles. The minimum Gasteiger partial charge on any atom is -0.490 e. The Kier molecular flexibility index (Phi) is 4.87. The predicted molar refractivity (Wildman–Crippen MR) is 77.2 cm³/mol. The van der Waals surface area contributed by atoms with E-state index in [1.807, 2.05) is 25.1 Å². The molecule has 2 atom stereocenters. The van der Waals surface area contributed by atoms with E-state index in [0.29, 0.717) is 6.10 Å². The van der Waals surface area contributed by atoms with Crippen LogP contribution in [0.25, 0.3) is 0 Å². The van der Waals surface area contributed by atoms with E-state index in [1.54, 1.807) is 0 Å². The van der Waals surface area contributed by atoms with Crippen LogP contribution in [0.5, 0.6) is 5.75 Å². The molecule has 0 bridgehead atoms. The number of aryl methyl sites for hydroxylation is 1. The summed E-state index contributed by atoms with van der Waals surface area (Å²) < 4.78 is 6.12. The molecular formula is C17H22O2. The van der Waals surface area contributed by atoms with Crippen molar-refractivity contribution < 1.29 is 9.84 Å². The van der Waals surface area contributed by atoms with Crippen molar-refractivity contribution in [1.29, 1.82) is 0 Å². The summed E-state index contributed by atoms with van der Waals surface area (Å²) in [6, 6.07) is 5.97. The lowest BCUT2D eigenvalue weighted by atomic mass is 9.88. The van der Waals surface area contributed by atoms with Gasteiger partial charge in [0.05, 0.1) is 6.10 Å². The summed E-state index contributed by atoms with van der Waals surface area (Å²) in [7, 11) is 0. The number of benzene rings is 1. The van der Waals surface area contributed by atoms with Crippen LogP contribution in [-0.2, 0) is 0 Å². The Morgan fingerprint density at radius 1 is 1.37 bits per heavy atom. The fourth-order valence-corrected chi connectivity index (χ4v) is 2.67. The number of hydrogen-bond donors (Lipinski definition) is 1. The molecule has 102 valence electrons. The van der Waals surface area contributed by atoms with E-state index in [4.69, 9.17) is 9.84 Å². The first-order valence-corrected chi connectivity index (χ1v) is 7.06. The molecule has 19 heavy (non-hydrogen) atoms. The molecule has 0 amide bonds. The van der Waals surface area contributed by atoms with Crippen molar-refractivity contribution in [3.63, 3.8) is 0 Å². The Hall–Kier alpha value is -1.46. The summed E-state index contributed by atoms with van der Waals surface area (Å²) in [5.74, 6) is 7.32. The number of ether oxygens (including phenoxy) is 1. The van der Waals surface area contributed by atoms with Gasteiger partial charge in [0.2, 0.25) is 0 Å². The zero-order chi connectivity index (χ0) is 13.7. The molecule has 0 heterocycles. The number of aliphatic hydroxyl groups excluding tert-OH is 1. The molecule has 2 nitrogen and oxygen atoms in total. The van der Waals surface area contributed by atoms with Gasteiger partial charge in [-0.05, 0) is 55.9 Å². The second kappa shape index (κ2) is 6.63. The maximum Gasteiger partial charge on any atom is 0.122 e. The van der Waals surface area contributed by atoms with Crippen LogP contribution in [0.3, 0.4) is 0 Å². The van der Waals surface area contributed by atoms with Gasteiger partial charge in [0.1, 0.15) is 12.4 Å². The van der Waals surface area contributed by atoms with E-state index in [0.717, 1.165) is 35.6 Å². The van der Waals surface area contributed by atoms with Crippen LogP contribution in [0.4, 0.5) is 0 Å². The summed E-state index contributed by atoms with van der Waals surface area (Å²) in [6.07, 6.45) is 5.28. The molecule has 1 aliphatic rings. The summed E-state index contributed by atoms with van der Waals surface area (Å²) >= 11 is 0. The Morgan fingerprint density at radius 3 is 2.89 bits per heavy atom. The van der Waals surface area contributed by atoms with Crippen LogP contribution >= 0.6 is 0 Å². The third-order valence-electron chi connectivity index (χ3n) is 3.67. The lowest BCUT2D eigenvalue weighted by Crippen LogP contribution is -2.24. The normalized spacial score (nSPS) is 22.5. The second-order valence-electron chi connectivity index (χ2n) is 5.45. The maximum atomic E-state index is 8.69. The Morgan fingerprint density at radius 2 is 2.21 bits per heavy atom. The van der Waals surface area contributed by atoms with E-state index >= 15 is 0 Å². The number of hydrogen-bond acceptors (Lipinski definition) is 2. The predicted octanol–water partition coefficient (Wildman–Crippen LogP) is 3.30. The van der Waals surface area contributed by atoms with Crippen LogP contribution < -0.4 is 4.74 Å². The van der Waals surface area contributed by atoms with E-state index in [1.165, 1.54) is 12.8 Å². The van der Waals surface area contributed by atoms with Gasteiger partial charge in [-0.3, -0.25) is 0 Å². The molecule has 0 saturated heterocycles. The van der Waals surface area contributed by atoms with Crippen molar-refractivity contribution in [3.8, 4) is 17.6 Å². The highest BCUT2D eigenvalue weighted by Gasteiger charge is 2.20. The molecule has 0 aromatic heterocycles. The van der Waals surface area contributed by atoms with Crippen LogP contribution in [0.1, 0.15) is 43.7 Å². The lowest BCUT2D eigenvalue weighted by molar-refractivity contribution is 0.128. The first kappa shape index (κ1) is 14.0. The number of rotatable bonds is 2. The summed E-state index contributed by atoms with van der Waals surface area (Å²) in [5.41, 5.74) is 2.04. The summed E-state index contributed by atoms with van der Waals surface area (Å²) in [4.78, 5) is 0. The lowest BCUT2D eigenvalue weighted by Gasteiger charge is -2.28. The third-order valence-corrected chi connectivity index (χ3v) is 3.67. The maximum absolute atomic E-state index is 8.69. The van der Waals surface area contributed by atoms with Crippen molar-refractivity contribution in [2.24, 2.45) is 5.92 Å². The molecule has 1 N–H and O–H groups in total. The fourth-order valence-electron chi connectivity index (χ4n) is 2.67. The topological polar surface area (TPSA) is 29.5 Å². The van der Waals surface area contributed by atoms with Crippen LogP contribution in [-0.4, -0.2) is 17.8 Å². The fraction of sp³-hybridized carbons (Fsp3) is 0.529. The third kappa shape index (κ3) is 4.01. The Balaban J connectivity index is 2.04. The molecule has 0 aliphatic heterocycles. The van der Waals surface area contributed by atoms with Gasteiger partial charge in [0.15, 0.2) is 0 Å². The highest BCUT2D eigenvalue weighted by molar-refractivity contribution is 5.43. The average Bonchev–Trinajstić information content (AvgIpc) is 2.39. The van der Waals surface area contributed by atoms with Crippen molar-refractivity contribution in [1.82, 2.24) is 0 Å². The highest BCUT2D eigenvalue weighted by Crippen LogP contribution is 2.29. The van der Waals surface area contributed by atoms with Gasteiger partial charge in [0, 0.05) is 5.56 Å². The van der Waals surface area contributed by atoms with Gasteiger partial charge in [0.25, 0.3) is 0 Å². The second-order valence-corrected chi connectivity index (χ2v) is 5.45. The van der Waals surface area contributed by atoms with Crippen molar-refractivity contribution >= 4 is 0 Å². The quantitative estimate of drug-likeness (QED) is 0.825. The van der Waals surface area contributed by atoms with Crippen molar-refractivity contribution in [2.45, 2.75) is 45.6 Å². The summed E-state index contributed by atoms with van der Waals surface area (Å²) in [5, 5.41) is 8.69. The first-order chi connectivity index (χ1) is 9.19. The molecule has 1 aliphatic carbocycles. The minimum atomic E-state index is -0.0999. The molecule has 1 aromatic rings. The number of aliphatic hydroxyl groups is 1. The molecule has 1 fully saturated rings. The van der Waals surface area contributed by atoms with E-state index in [9.17, 15) is 0 Å². The SMILES string of the molecule is Cc1cc(C#CCO)ccc1OC1CCCC(C)C1. The van der Waals surface area contributed by atoms with Gasteiger partial charge >= 0.3 is 0 Å². The van der Waals surface area contributed by atoms with Crippen molar-refractivity contribution in [2.75, 3.05) is 6.61 Å². The molecular weight excluding hydrogens is 236 g/mol. The van der Waals surface area contributed by atoms with Gasteiger partial charge in [-0.2, -0.15) is 0 Å². The standard InChI is InChI=1S/C17H22O2/c1-13-5-3-7-16(11-13)19-17-9-8-15(6-4-10-18)12-14(17)2/h8-9,12-13,16,18H,3,5,7,10-11H2,1-2H3. The van der Waals surface area contributed by atoms with Crippen LogP contribution in [0.15, 0.2) is 18.2 Å². The zero-order valence-electron chi connectivity index (χ0n) is 11.8. The van der Waals surface area contributed by atoms with Gasteiger partial charge < -0.3 is 9.84 Å². The Bertz CT molecular complexity index is 482. The summed E-state index contributed by atoms with van der Waals surface area (Å²) in [6.45, 7) is 4.25. The highest BCUT2D eigenvalue weighted by atomic mass is 16.5. The molecule has 2 unspecified atom stereocenters. The first-order valence-electron chi connectivity index (χ1n) is 7.06. The smallest absolute Gasteiger partial charge is 0.122 e. The van der Waals surface area contributed by atoms with Gasteiger partial charge in [-0.15, -0.1) is 0 Å². The van der Waals surface area contributed by atoms with Gasteiger partial charge in [-0.1, -0.05) is 25.2 Å². The molecule has 1 aromatic carbocycles. The largest absolute Gasteiger partial charge is 0.490 e. The van der Waals surface area contributed by atoms with E-state index < -0.39 is 0 Å². The zero-order valence-corrected chi connectivity index (χ0v) is 11.8. The van der Waals surface area contributed by atoms with Gasteiger partial charge in [-0.25, -0.2) is 0 Å². The molecule has 2 rings (SSSR count). The molecule has 2 heteroatoms.